The predicted molar refractivity (Wildman–Crippen MR) is 74.4 cm³/mol. The van der Waals surface area contributed by atoms with Crippen molar-refractivity contribution in [3.05, 3.63) is 70.8 Å². The van der Waals surface area contributed by atoms with Gasteiger partial charge < -0.3 is 0 Å². The van der Waals surface area contributed by atoms with Crippen molar-refractivity contribution < 1.29 is 0 Å². The molecule has 0 nitrogen and oxygen atoms in total. The summed E-state index contributed by atoms with van der Waals surface area (Å²) in [5, 5.41) is 0. The van der Waals surface area contributed by atoms with Crippen molar-refractivity contribution in [3.8, 4) is 0 Å². The van der Waals surface area contributed by atoms with E-state index in [1.807, 2.05) is 0 Å². The van der Waals surface area contributed by atoms with Crippen LogP contribution >= 0.6 is 0 Å². The predicted octanol–water partition coefficient (Wildman–Crippen LogP) is 4.48. The topological polar surface area (TPSA) is 0 Å². The van der Waals surface area contributed by atoms with Crippen molar-refractivity contribution in [2.45, 2.75) is 33.1 Å². The van der Waals surface area contributed by atoms with Gasteiger partial charge in [-0.1, -0.05) is 48.5 Å². The number of aryl methyl sites for hydroxylation is 4. The molecule has 0 atom stereocenters. The van der Waals surface area contributed by atoms with E-state index in [0.29, 0.717) is 0 Å². The van der Waals surface area contributed by atoms with E-state index in [2.05, 4.69) is 62.4 Å². The maximum atomic E-state index is 2.24. The SMILES string of the molecule is Cc1ccccc1CCCc1ccccc1C. The molecule has 0 aliphatic rings. The van der Waals surface area contributed by atoms with Crippen LogP contribution in [0.4, 0.5) is 0 Å². The van der Waals surface area contributed by atoms with Crippen LogP contribution in [-0.4, -0.2) is 0 Å². The lowest BCUT2D eigenvalue weighted by atomic mass is 9.99. The Morgan fingerprint density at radius 3 is 1.47 bits per heavy atom. The molecule has 0 fully saturated rings. The zero-order valence-corrected chi connectivity index (χ0v) is 10.7. The summed E-state index contributed by atoms with van der Waals surface area (Å²) in [4.78, 5) is 0. The molecular weight excluding hydrogens is 204 g/mol. The molecule has 0 radical (unpaired) electrons. The number of rotatable bonds is 4. The van der Waals surface area contributed by atoms with Gasteiger partial charge in [-0.25, -0.2) is 0 Å². The van der Waals surface area contributed by atoms with Crippen LogP contribution in [0.1, 0.15) is 28.7 Å². The third-order valence-electron chi connectivity index (χ3n) is 3.41. The fourth-order valence-electron chi connectivity index (χ4n) is 2.25. The Kier molecular flexibility index (Phi) is 3.98. The van der Waals surface area contributed by atoms with Gasteiger partial charge in [-0.05, 0) is 55.4 Å². The molecule has 0 saturated heterocycles. The first-order valence-electron chi connectivity index (χ1n) is 6.36. The van der Waals surface area contributed by atoms with E-state index in [4.69, 9.17) is 0 Å². The molecule has 0 N–H and O–H groups in total. The Morgan fingerprint density at radius 2 is 1.06 bits per heavy atom. The Balaban J connectivity index is 1.93. The minimum absolute atomic E-state index is 1.18. The summed E-state index contributed by atoms with van der Waals surface area (Å²) in [5.74, 6) is 0. The normalized spacial score (nSPS) is 10.5. The Hall–Kier alpha value is -1.56. The van der Waals surface area contributed by atoms with Gasteiger partial charge in [0.25, 0.3) is 0 Å². The zero-order chi connectivity index (χ0) is 12.1. The van der Waals surface area contributed by atoms with Gasteiger partial charge in [0.2, 0.25) is 0 Å². The minimum Gasteiger partial charge on any atom is -0.0620 e. The molecule has 0 spiro atoms. The summed E-state index contributed by atoms with van der Waals surface area (Å²) in [6.45, 7) is 4.40. The molecule has 0 unspecified atom stereocenters. The van der Waals surface area contributed by atoms with Gasteiger partial charge in [0.15, 0.2) is 0 Å². The summed E-state index contributed by atoms with van der Waals surface area (Å²) < 4.78 is 0. The van der Waals surface area contributed by atoms with Crippen molar-refractivity contribution >= 4 is 0 Å². The van der Waals surface area contributed by atoms with Crippen LogP contribution in [-0.2, 0) is 12.8 Å². The molecule has 0 bridgehead atoms. The molecule has 0 saturated carbocycles. The summed E-state index contributed by atoms with van der Waals surface area (Å²) in [7, 11) is 0. The van der Waals surface area contributed by atoms with Gasteiger partial charge in [0.1, 0.15) is 0 Å². The molecule has 0 aliphatic carbocycles. The van der Waals surface area contributed by atoms with E-state index in [1.54, 1.807) is 0 Å². The van der Waals surface area contributed by atoms with Gasteiger partial charge in [-0.3, -0.25) is 0 Å². The second-order valence-electron chi connectivity index (χ2n) is 4.71. The van der Waals surface area contributed by atoms with E-state index >= 15 is 0 Å². The Bertz CT molecular complexity index is 437. The van der Waals surface area contributed by atoms with E-state index in [-0.39, 0.29) is 0 Å². The van der Waals surface area contributed by atoms with Gasteiger partial charge >= 0.3 is 0 Å². The van der Waals surface area contributed by atoms with E-state index in [1.165, 1.54) is 41.5 Å². The van der Waals surface area contributed by atoms with Gasteiger partial charge in [-0.15, -0.1) is 0 Å². The maximum absolute atomic E-state index is 2.24. The maximum Gasteiger partial charge on any atom is -0.0273 e. The summed E-state index contributed by atoms with van der Waals surface area (Å²) >= 11 is 0. The molecule has 0 aromatic heterocycles. The highest BCUT2D eigenvalue weighted by atomic mass is 14.0. The number of benzene rings is 2. The fourth-order valence-corrected chi connectivity index (χ4v) is 2.25. The second kappa shape index (κ2) is 5.67. The lowest BCUT2D eigenvalue weighted by Gasteiger charge is -2.07. The van der Waals surface area contributed by atoms with Crippen molar-refractivity contribution in [1.82, 2.24) is 0 Å². The van der Waals surface area contributed by atoms with E-state index in [9.17, 15) is 0 Å². The van der Waals surface area contributed by atoms with Crippen LogP contribution < -0.4 is 0 Å². The molecule has 2 aromatic carbocycles. The van der Waals surface area contributed by atoms with Crippen molar-refractivity contribution in [3.63, 3.8) is 0 Å². The molecule has 17 heavy (non-hydrogen) atoms. The molecule has 0 heteroatoms. The third kappa shape index (κ3) is 3.20. The van der Waals surface area contributed by atoms with Crippen LogP contribution in [0.25, 0.3) is 0 Å². The van der Waals surface area contributed by atoms with Gasteiger partial charge in [-0.2, -0.15) is 0 Å². The van der Waals surface area contributed by atoms with Crippen molar-refractivity contribution in [2.75, 3.05) is 0 Å². The molecule has 88 valence electrons. The van der Waals surface area contributed by atoms with E-state index < -0.39 is 0 Å². The Labute approximate surface area is 104 Å². The Morgan fingerprint density at radius 1 is 0.647 bits per heavy atom. The standard InChI is InChI=1S/C17H20/c1-14-8-3-5-10-16(14)12-7-13-17-11-6-4-9-15(17)2/h3-6,8-11H,7,12-13H2,1-2H3. The lowest BCUT2D eigenvalue weighted by molar-refractivity contribution is 0.812. The van der Waals surface area contributed by atoms with Crippen molar-refractivity contribution in [1.29, 1.82) is 0 Å². The van der Waals surface area contributed by atoms with Crippen molar-refractivity contribution in [2.24, 2.45) is 0 Å². The van der Waals surface area contributed by atoms with Crippen LogP contribution in [0.3, 0.4) is 0 Å². The van der Waals surface area contributed by atoms with Crippen LogP contribution in [0.5, 0.6) is 0 Å². The van der Waals surface area contributed by atoms with Crippen LogP contribution in [0.2, 0.25) is 0 Å². The number of hydrogen-bond donors (Lipinski definition) is 0. The molecular formula is C17H20. The van der Waals surface area contributed by atoms with Crippen LogP contribution in [0.15, 0.2) is 48.5 Å². The largest absolute Gasteiger partial charge is 0.0620 e. The highest BCUT2D eigenvalue weighted by molar-refractivity contribution is 5.27. The second-order valence-corrected chi connectivity index (χ2v) is 4.71. The molecule has 2 aromatic rings. The highest BCUT2D eigenvalue weighted by Gasteiger charge is 1.99. The van der Waals surface area contributed by atoms with Gasteiger partial charge in [0, 0.05) is 0 Å². The number of hydrogen-bond acceptors (Lipinski definition) is 0. The first-order valence-corrected chi connectivity index (χ1v) is 6.36. The zero-order valence-electron chi connectivity index (χ0n) is 10.7. The van der Waals surface area contributed by atoms with E-state index in [0.717, 1.165) is 0 Å². The minimum atomic E-state index is 1.18. The highest BCUT2D eigenvalue weighted by Crippen LogP contribution is 2.14. The molecule has 0 heterocycles. The molecule has 0 amide bonds. The molecule has 0 aliphatic heterocycles. The fraction of sp³-hybridized carbons (Fsp3) is 0.294. The van der Waals surface area contributed by atoms with Crippen LogP contribution in [0, 0.1) is 13.8 Å². The first kappa shape index (κ1) is 11.9. The quantitative estimate of drug-likeness (QED) is 0.718. The summed E-state index contributed by atoms with van der Waals surface area (Å²) in [5.41, 5.74) is 5.80. The third-order valence-corrected chi connectivity index (χ3v) is 3.41. The smallest absolute Gasteiger partial charge is 0.0273 e. The first-order chi connectivity index (χ1) is 8.27. The lowest BCUT2D eigenvalue weighted by Crippen LogP contribution is -1.94. The average molecular weight is 224 g/mol. The average Bonchev–Trinajstić information content (AvgIpc) is 2.34. The summed E-state index contributed by atoms with van der Waals surface area (Å²) in [6, 6.07) is 17.4. The van der Waals surface area contributed by atoms with Gasteiger partial charge in [0.05, 0.1) is 0 Å². The molecule has 2 rings (SSSR count). The monoisotopic (exact) mass is 224 g/mol. The summed E-state index contributed by atoms with van der Waals surface area (Å²) in [6.07, 6.45) is 3.59.